The van der Waals surface area contributed by atoms with Crippen LogP contribution in [0.2, 0.25) is 5.02 Å². The van der Waals surface area contributed by atoms with Crippen LogP contribution in [-0.4, -0.2) is 49.9 Å². The van der Waals surface area contributed by atoms with E-state index < -0.39 is 15.9 Å². The van der Waals surface area contributed by atoms with Gasteiger partial charge in [-0.25, -0.2) is 8.42 Å². The van der Waals surface area contributed by atoms with E-state index in [4.69, 9.17) is 11.6 Å². The molecule has 0 bridgehead atoms. The number of benzene rings is 3. The molecule has 0 unspecified atom stereocenters. The van der Waals surface area contributed by atoms with Crippen LogP contribution in [0.5, 0.6) is 5.75 Å². The van der Waals surface area contributed by atoms with Crippen LogP contribution in [0.25, 0.3) is 0 Å². The molecular weight excluding hydrogens is 450 g/mol. The Balaban J connectivity index is 1.48. The molecule has 0 saturated carbocycles. The predicted octanol–water partition coefficient (Wildman–Crippen LogP) is 3.81. The van der Waals surface area contributed by atoms with Crippen molar-refractivity contribution in [3.8, 4) is 5.75 Å². The molecule has 1 fully saturated rings. The van der Waals surface area contributed by atoms with Gasteiger partial charge < -0.3 is 15.3 Å². The van der Waals surface area contributed by atoms with Crippen molar-refractivity contribution in [1.29, 1.82) is 0 Å². The van der Waals surface area contributed by atoms with Crippen molar-refractivity contribution >= 4 is 38.9 Å². The van der Waals surface area contributed by atoms with Gasteiger partial charge in [-0.2, -0.15) is 4.31 Å². The average Bonchev–Trinajstić information content (AvgIpc) is 2.82. The maximum atomic E-state index is 13.2. The number of carbonyl (C=O) groups is 1. The number of rotatable bonds is 5. The van der Waals surface area contributed by atoms with Gasteiger partial charge in [0.25, 0.3) is 5.91 Å². The lowest BCUT2D eigenvalue weighted by atomic mass is 10.2. The van der Waals surface area contributed by atoms with E-state index in [1.54, 1.807) is 0 Å². The lowest BCUT2D eigenvalue weighted by molar-refractivity contribution is 0.102. The van der Waals surface area contributed by atoms with E-state index in [2.05, 4.69) is 10.2 Å². The van der Waals surface area contributed by atoms with E-state index in [1.807, 2.05) is 30.3 Å². The number of hydrogen-bond donors (Lipinski definition) is 2. The molecule has 1 heterocycles. The van der Waals surface area contributed by atoms with Gasteiger partial charge in [-0.05, 0) is 48.5 Å². The molecule has 0 aliphatic carbocycles. The third kappa shape index (κ3) is 4.72. The van der Waals surface area contributed by atoms with Crippen molar-refractivity contribution < 1.29 is 18.3 Å². The standard InChI is InChI=1S/C23H22ClN3O4S/c24-18-9-10-22(28)21(16-18)25-23(29)17-5-4-8-20(15-17)32(30,31)27-13-11-26(12-14-27)19-6-2-1-3-7-19/h1-10,15-16,28H,11-14H2,(H,25,29). The van der Waals surface area contributed by atoms with Crippen molar-refractivity contribution in [2.45, 2.75) is 4.90 Å². The molecular formula is C23H22ClN3O4S. The molecule has 0 radical (unpaired) electrons. The van der Waals surface area contributed by atoms with Crippen LogP contribution in [0.3, 0.4) is 0 Å². The summed E-state index contributed by atoms with van der Waals surface area (Å²) in [5.74, 6) is -0.684. The molecule has 0 atom stereocenters. The van der Waals surface area contributed by atoms with E-state index in [9.17, 15) is 18.3 Å². The SMILES string of the molecule is O=C(Nc1cc(Cl)ccc1O)c1cccc(S(=O)(=O)N2CCN(c3ccccc3)CC2)c1. The van der Waals surface area contributed by atoms with Gasteiger partial charge in [0.15, 0.2) is 0 Å². The van der Waals surface area contributed by atoms with Crippen molar-refractivity contribution in [2.24, 2.45) is 0 Å². The second kappa shape index (κ2) is 9.20. The first-order valence-electron chi connectivity index (χ1n) is 10.0. The van der Waals surface area contributed by atoms with E-state index in [0.717, 1.165) is 5.69 Å². The number of carbonyl (C=O) groups excluding carboxylic acids is 1. The number of halogens is 1. The van der Waals surface area contributed by atoms with Gasteiger partial charge in [-0.3, -0.25) is 4.79 Å². The second-order valence-corrected chi connectivity index (χ2v) is 9.74. The van der Waals surface area contributed by atoms with Gasteiger partial charge in [0.2, 0.25) is 10.0 Å². The highest BCUT2D eigenvalue weighted by molar-refractivity contribution is 7.89. The van der Waals surface area contributed by atoms with Crippen LogP contribution in [0.15, 0.2) is 77.7 Å². The number of aromatic hydroxyl groups is 1. The third-order valence-corrected chi connectivity index (χ3v) is 7.43. The second-order valence-electron chi connectivity index (χ2n) is 7.37. The molecule has 3 aromatic carbocycles. The number of phenols is 1. The Morgan fingerprint density at radius 1 is 0.906 bits per heavy atom. The number of hydrogen-bond acceptors (Lipinski definition) is 5. The normalized spacial score (nSPS) is 14.8. The topological polar surface area (TPSA) is 89.9 Å². The zero-order valence-corrected chi connectivity index (χ0v) is 18.7. The fourth-order valence-electron chi connectivity index (χ4n) is 3.58. The molecule has 3 aromatic rings. The fraction of sp³-hybridized carbons (Fsp3) is 0.174. The van der Waals surface area contributed by atoms with Crippen LogP contribution in [0.1, 0.15) is 10.4 Å². The van der Waals surface area contributed by atoms with Gasteiger partial charge in [-0.15, -0.1) is 0 Å². The molecule has 1 aliphatic rings. The third-order valence-electron chi connectivity index (χ3n) is 5.30. The number of para-hydroxylation sites is 1. The number of sulfonamides is 1. The average molecular weight is 472 g/mol. The van der Waals surface area contributed by atoms with E-state index in [0.29, 0.717) is 31.2 Å². The molecule has 9 heteroatoms. The van der Waals surface area contributed by atoms with Crippen LogP contribution in [-0.2, 0) is 10.0 Å². The first kappa shape index (κ1) is 22.1. The molecule has 2 N–H and O–H groups in total. The summed E-state index contributed by atoms with van der Waals surface area (Å²) in [6.45, 7) is 1.86. The predicted molar refractivity (Wildman–Crippen MR) is 125 cm³/mol. The molecule has 4 rings (SSSR count). The quantitative estimate of drug-likeness (QED) is 0.552. The highest BCUT2D eigenvalue weighted by atomic mass is 35.5. The summed E-state index contributed by atoms with van der Waals surface area (Å²) in [7, 11) is -3.76. The Kier molecular flexibility index (Phi) is 6.36. The Bertz CT molecular complexity index is 1230. The largest absolute Gasteiger partial charge is 0.506 e. The molecule has 1 aliphatic heterocycles. The van der Waals surface area contributed by atoms with E-state index in [-0.39, 0.29) is 21.9 Å². The molecule has 166 valence electrons. The number of phenolic OH excluding ortho intramolecular Hbond substituents is 1. The maximum absolute atomic E-state index is 13.2. The van der Waals surface area contributed by atoms with Crippen molar-refractivity contribution in [2.75, 3.05) is 36.4 Å². The maximum Gasteiger partial charge on any atom is 0.255 e. The lowest BCUT2D eigenvalue weighted by Gasteiger charge is -2.35. The Morgan fingerprint density at radius 2 is 1.62 bits per heavy atom. The summed E-state index contributed by atoms with van der Waals surface area (Å²) in [6, 6.07) is 20.0. The summed E-state index contributed by atoms with van der Waals surface area (Å²) < 4.78 is 27.8. The minimum atomic E-state index is -3.76. The minimum absolute atomic E-state index is 0.0497. The highest BCUT2D eigenvalue weighted by Crippen LogP contribution is 2.27. The molecule has 0 spiro atoms. The fourth-order valence-corrected chi connectivity index (χ4v) is 5.22. The van der Waals surface area contributed by atoms with Crippen molar-refractivity contribution in [1.82, 2.24) is 4.31 Å². The van der Waals surface area contributed by atoms with Gasteiger partial charge in [0.05, 0.1) is 10.6 Å². The Hall–Kier alpha value is -3.07. The van der Waals surface area contributed by atoms with Gasteiger partial charge in [-0.1, -0.05) is 35.9 Å². The van der Waals surface area contributed by atoms with Crippen molar-refractivity contribution in [3.05, 3.63) is 83.4 Å². The van der Waals surface area contributed by atoms with Gasteiger partial charge in [0.1, 0.15) is 5.75 Å². The summed E-state index contributed by atoms with van der Waals surface area (Å²) in [5, 5.41) is 12.8. The van der Waals surface area contributed by atoms with Gasteiger partial charge in [0, 0.05) is 42.5 Å². The van der Waals surface area contributed by atoms with E-state index >= 15 is 0 Å². The summed E-state index contributed by atoms with van der Waals surface area (Å²) in [5.41, 5.74) is 1.37. The summed E-state index contributed by atoms with van der Waals surface area (Å²) in [4.78, 5) is 14.8. The molecule has 32 heavy (non-hydrogen) atoms. The first-order valence-corrected chi connectivity index (χ1v) is 11.9. The summed E-state index contributed by atoms with van der Waals surface area (Å²) >= 11 is 5.92. The number of amides is 1. The highest BCUT2D eigenvalue weighted by Gasteiger charge is 2.29. The number of nitrogens with one attached hydrogen (secondary N) is 1. The van der Waals surface area contributed by atoms with E-state index in [1.165, 1.54) is 46.8 Å². The van der Waals surface area contributed by atoms with Crippen LogP contribution in [0.4, 0.5) is 11.4 Å². The number of nitrogens with zero attached hydrogens (tertiary/aromatic N) is 2. The molecule has 1 saturated heterocycles. The Labute approximate surface area is 191 Å². The Morgan fingerprint density at radius 3 is 2.34 bits per heavy atom. The monoisotopic (exact) mass is 471 g/mol. The van der Waals surface area contributed by atoms with Crippen LogP contribution < -0.4 is 10.2 Å². The number of anilines is 2. The zero-order valence-electron chi connectivity index (χ0n) is 17.1. The molecule has 0 aromatic heterocycles. The minimum Gasteiger partial charge on any atom is -0.506 e. The molecule has 1 amide bonds. The van der Waals surface area contributed by atoms with Crippen molar-refractivity contribution in [3.63, 3.8) is 0 Å². The first-order chi connectivity index (χ1) is 15.3. The van der Waals surface area contributed by atoms with Crippen LogP contribution >= 0.6 is 11.6 Å². The smallest absolute Gasteiger partial charge is 0.255 e. The summed E-state index contributed by atoms with van der Waals surface area (Å²) in [6.07, 6.45) is 0. The molecule has 7 nitrogen and oxygen atoms in total. The lowest BCUT2D eigenvalue weighted by Crippen LogP contribution is -2.48. The number of piperazine rings is 1. The van der Waals surface area contributed by atoms with Crippen LogP contribution in [0, 0.1) is 0 Å². The zero-order chi connectivity index (χ0) is 22.7. The van der Waals surface area contributed by atoms with Gasteiger partial charge >= 0.3 is 0 Å².